The molecule has 1 aromatic carbocycles. The van der Waals surface area contributed by atoms with Gasteiger partial charge in [0.2, 0.25) is 0 Å². The van der Waals surface area contributed by atoms with Crippen LogP contribution in [0, 0.1) is 0 Å². The number of aliphatic imine (C=N–C) groups is 1. The first-order valence-corrected chi connectivity index (χ1v) is 6.06. The molecule has 0 aliphatic carbocycles. The van der Waals surface area contributed by atoms with Crippen LogP contribution in [0.25, 0.3) is 0 Å². The van der Waals surface area contributed by atoms with E-state index < -0.39 is 17.8 Å². The first-order valence-electron chi connectivity index (χ1n) is 6.06. The molecule has 4 amide bonds. The molecule has 0 aromatic heterocycles. The molecule has 3 rings (SSSR count). The number of likely N-dealkylation sites (N-methyl/N-ethyl adjacent to an activating group) is 1. The lowest BCUT2D eigenvalue weighted by Crippen LogP contribution is -2.52. The molecule has 2 aliphatic rings. The van der Waals surface area contributed by atoms with E-state index in [0.717, 1.165) is 16.2 Å². The Labute approximate surface area is 114 Å². The minimum atomic E-state index is -0.711. The second-order valence-corrected chi connectivity index (χ2v) is 4.57. The number of barbiturate groups is 1. The summed E-state index contributed by atoms with van der Waals surface area (Å²) in [5.41, 5.74) is 1.71. The Bertz CT molecular complexity index is 691. The molecule has 1 N–H and O–H groups in total. The summed E-state index contributed by atoms with van der Waals surface area (Å²) >= 11 is 0. The largest absolute Gasteiger partial charge is 0.331 e. The molecule has 2 aliphatic heterocycles. The van der Waals surface area contributed by atoms with Gasteiger partial charge in [-0.1, -0.05) is 24.3 Å². The van der Waals surface area contributed by atoms with Gasteiger partial charge >= 0.3 is 6.03 Å². The third kappa shape index (κ3) is 1.82. The number of allylic oxidation sites excluding steroid dienone is 1. The lowest BCUT2D eigenvalue weighted by molar-refractivity contribution is -0.129. The molecule has 6 nitrogen and oxygen atoms in total. The van der Waals surface area contributed by atoms with Crippen molar-refractivity contribution < 1.29 is 14.4 Å². The molecule has 6 heteroatoms. The van der Waals surface area contributed by atoms with Gasteiger partial charge in [0.15, 0.2) is 0 Å². The molecule has 1 atom stereocenters. The summed E-state index contributed by atoms with van der Waals surface area (Å²) < 4.78 is 0. The highest BCUT2D eigenvalue weighted by molar-refractivity contribution is 6.28. The Hall–Kier alpha value is -2.76. The molecule has 0 radical (unpaired) electrons. The lowest BCUT2D eigenvalue weighted by Gasteiger charge is -2.22. The van der Waals surface area contributed by atoms with Crippen LogP contribution < -0.4 is 5.32 Å². The maximum atomic E-state index is 12.0. The Morgan fingerprint density at radius 2 is 2.00 bits per heavy atom. The highest BCUT2D eigenvalue weighted by atomic mass is 16.2. The van der Waals surface area contributed by atoms with E-state index in [-0.39, 0.29) is 11.5 Å². The van der Waals surface area contributed by atoms with E-state index in [4.69, 9.17) is 0 Å². The summed E-state index contributed by atoms with van der Waals surface area (Å²) in [6.07, 6.45) is 3.21. The first kappa shape index (κ1) is 12.3. The minimum Gasteiger partial charge on any atom is -0.273 e. The standard InChI is InChI=1S/C14H11N3O3/c1-17-13(19)10(12(18)16-14(17)20)6-8-7-15-11-5-3-2-4-9(8)11/h2-8H,1H3,(H,16,18,20)/b10-6-. The maximum Gasteiger partial charge on any atom is 0.331 e. The molecule has 2 heterocycles. The lowest BCUT2D eigenvalue weighted by atomic mass is 9.97. The van der Waals surface area contributed by atoms with Crippen molar-refractivity contribution in [2.24, 2.45) is 4.99 Å². The molecule has 0 bridgehead atoms. The molecule has 100 valence electrons. The summed E-state index contributed by atoms with van der Waals surface area (Å²) in [6.45, 7) is 0. The van der Waals surface area contributed by atoms with Gasteiger partial charge in [-0.25, -0.2) is 4.79 Å². The Morgan fingerprint density at radius 3 is 2.80 bits per heavy atom. The normalized spacial score (nSPS) is 23.2. The van der Waals surface area contributed by atoms with Gasteiger partial charge in [-0.05, 0) is 11.6 Å². The highest BCUT2D eigenvalue weighted by Crippen LogP contribution is 2.33. The van der Waals surface area contributed by atoms with Crippen LogP contribution in [-0.2, 0) is 9.59 Å². The summed E-state index contributed by atoms with van der Waals surface area (Å²) in [7, 11) is 1.33. The number of amides is 4. The zero-order valence-corrected chi connectivity index (χ0v) is 10.7. The fourth-order valence-corrected chi connectivity index (χ4v) is 2.21. The van der Waals surface area contributed by atoms with Gasteiger partial charge in [0.05, 0.1) is 5.69 Å². The molecular weight excluding hydrogens is 258 g/mol. The van der Waals surface area contributed by atoms with E-state index in [1.54, 1.807) is 6.21 Å². The number of urea groups is 1. The third-order valence-electron chi connectivity index (χ3n) is 3.32. The highest BCUT2D eigenvalue weighted by Gasteiger charge is 2.34. The van der Waals surface area contributed by atoms with Crippen LogP contribution in [0.2, 0.25) is 0 Å². The smallest absolute Gasteiger partial charge is 0.273 e. The van der Waals surface area contributed by atoms with Crippen LogP contribution in [0.1, 0.15) is 11.5 Å². The predicted octanol–water partition coefficient (Wildman–Crippen LogP) is 1.12. The van der Waals surface area contributed by atoms with E-state index in [1.165, 1.54) is 13.1 Å². The summed E-state index contributed by atoms with van der Waals surface area (Å²) in [5, 5.41) is 2.12. The number of hydrogen-bond donors (Lipinski definition) is 1. The van der Waals surface area contributed by atoms with Gasteiger partial charge in [-0.3, -0.25) is 24.8 Å². The molecule has 0 saturated carbocycles. The number of carbonyl (C=O) groups excluding carboxylic acids is 3. The van der Waals surface area contributed by atoms with E-state index in [0.29, 0.717) is 0 Å². The van der Waals surface area contributed by atoms with Crippen molar-refractivity contribution in [3.63, 3.8) is 0 Å². The number of para-hydroxylation sites is 1. The molecule has 1 unspecified atom stereocenters. The molecular formula is C14H11N3O3. The van der Waals surface area contributed by atoms with Gasteiger partial charge in [0.25, 0.3) is 11.8 Å². The molecule has 0 spiro atoms. The van der Waals surface area contributed by atoms with Crippen molar-refractivity contribution in [2.45, 2.75) is 5.92 Å². The minimum absolute atomic E-state index is 0.0414. The second-order valence-electron chi connectivity index (χ2n) is 4.57. The van der Waals surface area contributed by atoms with Crippen molar-refractivity contribution in [3.05, 3.63) is 41.5 Å². The van der Waals surface area contributed by atoms with E-state index >= 15 is 0 Å². The number of carbonyl (C=O) groups is 3. The first-order chi connectivity index (χ1) is 9.58. The average molecular weight is 269 g/mol. The zero-order chi connectivity index (χ0) is 14.3. The van der Waals surface area contributed by atoms with Crippen molar-refractivity contribution >= 4 is 29.7 Å². The van der Waals surface area contributed by atoms with Gasteiger partial charge < -0.3 is 0 Å². The summed E-state index contributed by atoms with van der Waals surface area (Å²) in [4.78, 5) is 40.2. The molecule has 1 saturated heterocycles. The second kappa shape index (κ2) is 4.41. The third-order valence-corrected chi connectivity index (χ3v) is 3.32. The van der Waals surface area contributed by atoms with E-state index in [1.807, 2.05) is 24.3 Å². The number of imide groups is 2. The molecule has 1 fully saturated rings. The van der Waals surface area contributed by atoms with E-state index in [9.17, 15) is 14.4 Å². The predicted molar refractivity (Wildman–Crippen MR) is 71.7 cm³/mol. The van der Waals surface area contributed by atoms with E-state index in [2.05, 4.69) is 10.3 Å². The van der Waals surface area contributed by atoms with Gasteiger partial charge in [-0.15, -0.1) is 0 Å². The van der Waals surface area contributed by atoms with Crippen LogP contribution in [0.3, 0.4) is 0 Å². The molecule has 1 aromatic rings. The summed E-state index contributed by atoms with van der Waals surface area (Å²) in [5.74, 6) is -1.51. The fourth-order valence-electron chi connectivity index (χ4n) is 2.21. The Morgan fingerprint density at radius 1 is 1.25 bits per heavy atom. The average Bonchev–Trinajstić information content (AvgIpc) is 2.84. The summed E-state index contributed by atoms with van der Waals surface area (Å²) in [6, 6.07) is 6.79. The number of hydrogen-bond acceptors (Lipinski definition) is 4. The number of nitrogens with zero attached hydrogens (tertiary/aromatic N) is 2. The Balaban J connectivity index is 1.97. The quantitative estimate of drug-likeness (QED) is 0.613. The number of nitrogens with one attached hydrogen (secondary N) is 1. The number of rotatable bonds is 1. The fraction of sp³-hybridized carbons (Fsp3) is 0.143. The monoisotopic (exact) mass is 269 g/mol. The SMILES string of the molecule is CN1C(=O)NC(=O)/C(=C/C2C=Nc3ccccc32)C1=O. The van der Waals surface area contributed by atoms with Gasteiger partial charge in [-0.2, -0.15) is 0 Å². The molecule has 20 heavy (non-hydrogen) atoms. The van der Waals surface area contributed by atoms with Crippen LogP contribution in [0.15, 0.2) is 40.9 Å². The van der Waals surface area contributed by atoms with Crippen LogP contribution in [-0.4, -0.2) is 36.0 Å². The number of fused-ring (bicyclic) bond motifs is 1. The van der Waals surface area contributed by atoms with Crippen molar-refractivity contribution in [3.8, 4) is 0 Å². The zero-order valence-electron chi connectivity index (χ0n) is 10.7. The van der Waals surface area contributed by atoms with Crippen molar-refractivity contribution in [2.75, 3.05) is 7.05 Å². The topological polar surface area (TPSA) is 78.8 Å². The number of benzene rings is 1. The van der Waals surface area contributed by atoms with Crippen LogP contribution >= 0.6 is 0 Å². The van der Waals surface area contributed by atoms with Crippen molar-refractivity contribution in [1.82, 2.24) is 10.2 Å². The Kier molecular flexibility index (Phi) is 2.71. The van der Waals surface area contributed by atoms with Gasteiger partial charge in [0.1, 0.15) is 5.57 Å². The van der Waals surface area contributed by atoms with Gasteiger partial charge in [0, 0.05) is 19.2 Å². The maximum absolute atomic E-state index is 12.0. The van der Waals surface area contributed by atoms with Crippen LogP contribution in [0.4, 0.5) is 10.5 Å². The van der Waals surface area contributed by atoms with Crippen LogP contribution in [0.5, 0.6) is 0 Å². The van der Waals surface area contributed by atoms with Crippen molar-refractivity contribution in [1.29, 1.82) is 0 Å².